The molecular formula is C44H27NO2. The number of hydrogen-bond donors (Lipinski definition) is 0. The molecule has 0 unspecified atom stereocenters. The number of anilines is 3. The quantitative estimate of drug-likeness (QED) is 0.188. The summed E-state index contributed by atoms with van der Waals surface area (Å²) in [5.74, 6) is 0. The van der Waals surface area contributed by atoms with Crippen LogP contribution in [0.15, 0.2) is 173 Å². The molecule has 0 aliphatic carbocycles. The standard InChI is InChI=1S/C44H27NO2/c1-2-15-31-29(12-1)27-39(34-17-4-3-16-33(31)34)45(38-22-11-25-42-43(38)37-19-6-8-24-41(37)46-42)30-14-9-13-28(26-30)32-20-10-21-36-35-18-5-7-23-40(35)47-44(32)36/h1-27H. The van der Waals surface area contributed by atoms with Gasteiger partial charge in [-0.3, -0.25) is 0 Å². The Labute approximate surface area is 270 Å². The molecule has 0 fully saturated rings. The Balaban J connectivity index is 1.29. The van der Waals surface area contributed by atoms with E-state index in [2.05, 4.69) is 144 Å². The van der Waals surface area contributed by atoms with E-state index < -0.39 is 0 Å². The van der Waals surface area contributed by atoms with Crippen LogP contribution in [0.5, 0.6) is 0 Å². The molecule has 0 aliphatic heterocycles. The van der Waals surface area contributed by atoms with E-state index in [1.165, 1.54) is 21.5 Å². The summed E-state index contributed by atoms with van der Waals surface area (Å²) in [5, 5.41) is 9.27. The van der Waals surface area contributed by atoms with E-state index in [9.17, 15) is 0 Å². The van der Waals surface area contributed by atoms with Gasteiger partial charge in [0.05, 0.1) is 16.8 Å². The molecular weight excluding hydrogens is 574 g/mol. The van der Waals surface area contributed by atoms with Crippen LogP contribution in [-0.2, 0) is 0 Å². The van der Waals surface area contributed by atoms with E-state index in [-0.39, 0.29) is 0 Å². The predicted octanol–water partition coefficient (Wildman–Crippen LogP) is 12.9. The molecule has 0 atom stereocenters. The highest BCUT2D eigenvalue weighted by Crippen LogP contribution is 2.47. The molecule has 220 valence electrons. The van der Waals surface area contributed by atoms with Crippen LogP contribution in [0.1, 0.15) is 0 Å². The van der Waals surface area contributed by atoms with Gasteiger partial charge in [0, 0.05) is 32.8 Å². The Kier molecular flexibility index (Phi) is 5.57. The van der Waals surface area contributed by atoms with Gasteiger partial charge in [0.2, 0.25) is 0 Å². The minimum atomic E-state index is 0.863. The first-order valence-corrected chi connectivity index (χ1v) is 15.9. The maximum absolute atomic E-state index is 6.48. The molecule has 10 rings (SSSR count). The predicted molar refractivity (Wildman–Crippen MR) is 196 cm³/mol. The SMILES string of the molecule is c1cc(-c2cccc3c2oc2ccccc23)cc(N(c2cc3ccccc3c3ccccc23)c2cccc3oc4ccccc4c23)c1. The zero-order valence-electron chi connectivity index (χ0n) is 25.4. The normalized spacial score (nSPS) is 11.8. The van der Waals surface area contributed by atoms with Crippen LogP contribution in [-0.4, -0.2) is 0 Å². The topological polar surface area (TPSA) is 29.5 Å². The number of hydrogen-bond acceptors (Lipinski definition) is 3. The van der Waals surface area contributed by atoms with Crippen molar-refractivity contribution in [1.82, 2.24) is 0 Å². The number of furan rings is 2. The summed E-state index contributed by atoms with van der Waals surface area (Å²) in [6.45, 7) is 0. The van der Waals surface area contributed by atoms with Crippen LogP contribution < -0.4 is 4.90 Å². The average Bonchev–Trinajstić information content (AvgIpc) is 3.71. The molecule has 0 N–H and O–H groups in total. The fourth-order valence-electron chi connectivity index (χ4n) is 7.36. The Morgan fingerprint density at radius 3 is 1.89 bits per heavy atom. The van der Waals surface area contributed by atoms with Crippen molar-refractivity contribution in [3.05, 3.63) is 164 Å². The summed E-state index contributed by atoms with van der Waals surface area (Å²) in [4.78, 5) is 2.40. The molecule has 2 aromatic heterocycles. The lowest BCUT2D eigenvalue weighted by atomic mass is 9.97. The first-order valence-electron chi connectivity index (χ1n) is 15.9. The van der Waals surface area contributed by atoms with Crippen LogP contribution in [0, 0.1) is 0 Å². The summed E-state index contributed by atoms with van der Waals surface area (Å²) in [5.41, 5.74) is 8.91. The summed E-state index contributed by atoms with van der Waals surface area (Å²) in [6, 6.07) is 57.9. The van der Waals surface area contributed by atoms with Gasteiger partial charge >= 0.3 is 0 Å². The van der Waals surface area contributed by atoms with Crippen molar-refractivity contribution in [3.8, 4) is 11.1 Å². The first kappa shape index (κ1) is 26.0. The molecule has 0 spiro atoms. The smallest absolute Gasteiger partial charge is 0.143 e. The van der Waals surface area contributed by atoms with Gasteiger partial charge in [-0.25, -0.2) is 0 Å². The fraction of sp³-hybridized carbons (Fsp3) is 0. The van der Waals surface area contributed by atoms with Crippen molar-refractivity contribution in [3.63, 3.8) is 0 Å². The van der Waals surface area contributed by atoms with Gasteiger partial charge in [-0.1, -0.05) is 121 Å². The van der Waals surface area contributed by atoms with Crippen LogP contribution in [0.25, 0.3) is 76.5 Å². The van der Waals surface area contributed by atoms with Crippen molar-refractivity contribution in [2.75, 3.05) is 4.90 Å². The van der Waals surface area contributed by atoms with E-state index in [0.29, 0.717) is 0 Å². The van der Waals surface area contributed by atoms with Crippen molar-refractivity contribution < 1.29 is 8.83 Å². The molecule has 0 amide bonds. The molecule has 3 heteroatoms. The van der Waals surface area contributed by atoms with Crippen molar-refractivity contribution in [1.29, 1.82) is 0 Å². The minimum Gasteiger partial charge on any atom is -0.456 e. The molecule has 2 heterocycles. The van der Waals surface area contributed by atoms with Crippen LogP contribution in [0.2, 0.25) is 0 Å². The monoisotopic (exact) mass is 601 g/mol. The van der Waals surface area contributed by atoms with E-state index in [1.54, 1.807) is 0 Å². The van der Waals surface area contributed by atoms with Crippen molar-refractivity contribution in [2.24, 2.45) is 0 Å². The van der Waals surface area contributed by atoms with Gasteiger partial charge in [0.1, 0.15) is 22.3 Å². The van der Waals surface area contributed by atoms with Gasteiger partial charge in [-0.15, -0.1) is 0 Å². The van der Waals surface area contributed by atoms with Crippen LogP contribution in [0.4, 0.5) is 17.1 Å². The van der Waals surface area contributed by atoms with Crippen molar-refractivity contribution in [2.45, 2.75) is 0 Å². The summed E-state index contributed by atoms with van der Waals surface area (Å²) in [7, 11) is 0. The highest BCUT2D eigenvalue weighted by molar-refractivity contribution is 6.18. The summed E-state index contributed by atoms with van der Waals surface area (Å²) in [6.07, 6.45) is 0. The highest BCUT2D eigenvalue weighted by Gasteiger charge is 2.22. The van der Waals surface area contributed by atoms with Gasteiger partial charge in [-0.05, 0) is 64.2 Å². The largest absolute Gasteiger partial charge is 0.456 e. The van der Waals surface area contributed by atoms with Gasteiger partial charge in [-0.2, -0.15) is 0 Å². The van der Waals surface area contributed by atoms with Gasteiger partial charge in [0.15, 0.2) is 0 Å². The third-order valence-electron chi connectivity index (χ3n) is 9.43. The lowest BCUT2D eigenvalue weighted by Gasteiger charge is -2.28. The number of benzene rings is 8. The van der Waals surface area contributed by atoms with Gasteiger partial charge < -0.3 is 13.7 Å². The summed E-state index contributed by atoms with van der Waals surface area (Å²) < 4.78 is 12.9. The van der Waals surface area contributed by atoms with Crippen LogP contribution >= 0.6 is 0 Å². The molecule has 0 saturated carbocycles. The Morgan fingerprint density at radius 1 is 0.383 bits per heavy atom. The maximum Gasteiger partial charge on any atom is 0.143 e. The second kappa shape index (κ2) is 10.1. The second-order valence-electron chi connectivity index (χ2n) is 12.1. The van der Waals surface area contributed by atoms with Gasteiger partial charge in [0.25, 0.3) is 0 Å². The number of rotatable bonds is 4. The number of para-hydroxylation sites is 3. The average molecular weight is 602 g/mol. The van der Waals surface area contributed by atoms with Crippen molar-refractivity contribution >= 4 is 82.5 Å². The molecule has 47 heavy (non-hydrogen) atoms. The second-order valence-corrected chi connectivity index (χ2v) is 12.1. The molecule has 3 nitrogen and oxygen atoms in total. The van der Waals surface area contributed by atoms with E-state index in [1.807, 2.05) is 24.3 Å². The Morgan fingerprint density at radius 2 is 1.02 bits per heavy atom. The minimum absolute atomic E-state index is 0.863. The Bertz CT molecular complexity index is 2820. The first-order chi connectivity index (χ1) is 23.3. The van der Waals surface area contributed by atoms with Crippen LogP contribution in [0.3, 0.4) is 0 Å². The molecule has 0 aliphatic rings. The lowest BCUT2D eigenvalue weighted by Crippen LogP contribution is -2.11. The Hall–Kier alpha value is -6.32. The van der Waals surface area contributed by atoms with E-state index in [4.69, 9.17) is 8.83 Å². The molecule has 0 bridgehead atoms. The lowest BCUT2D eigenvalue weighted by molar-refractivity contribution is 0.669. The zero-order chi connectivity index (χ0) is 30.9. The molecule has 8 aromatic carbocycles. The molecule has 10 aromatic rings. The maximum atomic E-state index is 6.48. The number of fused-ring (bicyclic) bond motifs is 9. The molecule has 0 radical (unpaired) electrons. The molecule has 0 saturated heterocycles. The third-order valence-corrected chi connectivity index (χ3v) is 9.43. The number of nitrogens with zero attached hydrogens (tertiary/aromatic N) is 1. The summed E-state index contributed by atoms with van der Waals surface area (Å²) >= 11 is 0. The fourth-order valence-corrected chi connectivity index (χ4v) is 7.36. The zero-order valence-corrected chi connectivity index (χ0v) is 25.4. The van der Waals surface area contributed by atoms with E-state index >= 15 is 0 Å². The highest BCUT2D eigenvalue weighted by atomic mass is 16.3. The third kappa shape index (κ3) is 3.93. The van der Waals surface area contributed by atoms with E-state index in [0.717, 1.165) is 72.1 Å².